The Balaban J connectivity index is 1.65. The SMILES string of the molecule is CCn1c([C@H](CCCNC(=N)CCl)NC(=O)c2ccc(-c3ccccc3)cc2C(=O)O)nc2ccccc21. The number of aromatic carboxylic acids is 1. The van der Waals surface area contributed by atoms with Crippen molar-refractivity contribution in [3.63, 3.8) is 0 Å². The molecular formula is C29H30ClN5O3. The number of imidazole rings is 1. The predicted molar refractivity (Wildman–Crippen MR) is 150 cm³/mol. The van der Waals surface area contributed by atoms with Crippen LogP contribution < -0.4 is 10.6 Å². The number of amides is 1. The molecule has 4 rings (SSSR count). The number of halogens is 1. The lowest BCUT2D eigenvalue weighted by Crippen LogP contribution is -2.33. The average molecular weight is 532 g/mol. The fraction of sp³-hybridized carbons (Fsp3) is 0.241. The van der Waals surface area contributed by atoms with Crippen LogP contribution >= 0.6 is 11.6 Å². The molecule has 0 aliphatic carbocycles. The number of aromatic nitrogens is 2. The first-order chi connectivity index (χ1) is 18.4. The second-order valence-electron chi connectivity index (χ2n) is 8.84. The van der Waals surface area contributed by atoms with Crippen LogP contribution in [0.25, 0.3) is 22.2 Å². The van der Waals surface area contributed by atoms with Crippen LogP contribution in [0.1, 0.15) is 52.3 Å². The van der Waals surface area contributed by atoms with Crippen LogP contribution in [0.4, 0.5) is 0 Å². The Labute approximate surface area is 226 Å². The lowest BCUT2D eigenvalue weighted by molar-refractivity contribution is 0.0690. The maximum atomic E-state index is 13.5. The molecule has 0 fully saturated rings. The summed E-state index contributed by atoms with van der Waals surface area (Å²) in [6, 6.07) is 21.6. The van der Waals surface area contributed by atoms with E-state index in [-0.39, 0.29) is 22.8 Å². The molecule has 196 valence electrons. The van der Waals surface area contributed by atoms with E-state index >= 15 is 0 Å². The summed E-state index contributed by atoms with van der Waals surface area (Å²) in [5, 5.41) is 23.6. The molecule has 0 unspecified atom stereocenters. The van der Waals surface area contributed by atoms with Gasteiger partial charge in [0.15, 0.2) is 0 Å². The molecule has 0 radical (unpaired) electrons. The van der Waals surface area contributed by atoms with Crippen LogP contribution in [0, 0.1) is 5.41 Å². The number of carboxylic acids is 1. The third-order valence-corrected chi connectivity index (χ3v) is 6.63. The molecule has 1 atom stereocenters. The van der Waals surface area contributed by atoms with E-state index in [2.05, 4.69) is 15.2 Å². The number of rotatable bonds is 11. The number of amidine groups is 1. The van der Waals surface area contributed by atoms with Crippen LogP contribution in [0.3, 0.4) is 0 Å². The van der Waals surface area contributed by atoms with Gasteiger partial charge >= 0.3 is 5.97 Å². The second-order valence-corrected chi connectivity index (χ2v) is 9.11. The van der Waals surface area contributed by atoms with E-state index < -0.39 is 17.9 Å². The zero-order chi connectivity index (χ0) is 27.1. The number of fused-ring (bicyclic) bond motifs is 1. The van der Waals surface area contributed by atoms with Gasteiger partial charge in [-0.05, 0) is 55.2 Å². The summed E-state index contributed by atoms with van der Waals surface area (Å²) in [6.45, 7) is 3.19. The van der Waals surface area contributed by atoms with Crippen LogP contribution in [-0.4, -0.2) is 44.8 Å². The lowest BCUT2D eigenvalue weighted by Gasteiger charge is -2.21. The normalized spacial score (nSPS) is 11.7. The van der Waals surface area contributed by atoms with Crippen LogP contribution in [0.15, 0.2) is 72.8 Å². The zero-order valence-corrected chi connectivity index (χ0v) is 21.8. The third-order valence-electron chi connectivity index (χ3n) is 6.36. The molecule has 0 spiro atoms. The first kappa shape index (κ1) is 26.9. The monoisotopic (exact) mass is 531 g/mol. The van der Waals surface area contributed by atoms with Crippen LogP contribution in [0.5, 0.6) is 0 Å². The Bertz CT molecular complexity index is 1450. The summed E-state index contributed by atoms with van der Waals surface area (Å²) < 4.78 is 2.06. The van der Waals surface area contributed by atoms with Gasteiger partial charge in [-0.2, -0.15) is 0 Å². The summed E-state index contributed by atoms with van der Waals surface area (Å²) in [5.74, 6) is -0.620. The van der Waals surface area contributed by atoms with E-state index in [1.165, 1.54) is 6.07 Å². The van der Waals surface area contributed by atoms with Crippen LogP contribution in [0.2, 0.25) is 0 Å². The quantitative estimate of drug-likeness (QED) is 0.0884. The number of carbonyl (C=O) groups excluding carboxylic acids is 1. The summed E-state index contributed by atoms with van der Waals surface area (Å²) in [6.07, 6.45) is 1.16. The minimum Gasteiger partial charge on any atom is -0.478 e. The summed E-state index contributed by atoms with van der Waals surface area (Å²) in [4.78, 5) is 30.5. The Morgan fingerprint density at radius 2 is 1.76 bits per heavy atom. The number of carboxylic acid groups (broad SMARTS) is 1. The Hall–Kier alpha value is -4.17. The molecule has 1 aromatic heterocycles. The van der Waals surface area contributed by atoms with E-state index in [1.54, 1.807) is 12.1 Å². The number of nitrogens with one attached hydrogen (secondary N) is 3. The van der Waals surface area contributed by atoms with Crippen molar-refractivity contribution in [2.75, 3.05) is 12.4 Å². The molecule has 0 aliphatic rings. The molecule has 4 N–H and O–H groups in total. The van der Waals surface area contributed by atoms with Crippen molar-refractivity contribution in [2.24, 2.45) is 0 Å². The van der Waals surface area contributed by atoms with E-state index in [4.69, 9.17) is 22.0 Å². The first-order valence-corrected chi connectivity index (χ1v) is 13.0. The predicted octanol–water partition coefficient (Wildman–Crippen LogP) is 5.48. The Morgan fingerprint density at radius 1 is 1.03 bits per heavy atom. The number of aryl methyl sites for hydroxylation is 1. The number of para-hydroxylation sites is 2. The molecule has 0 saturated heterocycles. The Morgan fingerprint density at radius 3 is 2.47 bits per heavy atom. The second kappa shape index (κ2) is 12.4. The highest BCUT2D eigenvalue weighted by atomic mass is 35.5. The van der Waals surface area contributed by atoms with Gasteiger partial charge in [0.25, 0.3) is 5.91 Å². The molecule has 0 bridgehead atoms. The van der Waals surface area contributed by atoms with Gasteiger partial charge in [0.05, 0.1) is 34.1 Å². The largest absolute Gasteiger partial charge is 0.478 e. The number of carbonyl (C=O) groups is 2. The maximum absolute atomic E-state index is 13.5. The highest BCUT2D eigenvalue weighted by Gasteiger charge is 2.25. The fourth-order valence-electron chi connectivity index (χ4n) is 4.52. The highest BCUT2D eigenvalue weighted by Crippen LogP contribution is 2.26. The summed E-state index contributed by atoms with van der Waals surface area (Å²) >= 11 is 5.70. The zero-order valence-electron chi connectivity index (χ0n) is 21.1. The number of hydrogen-bond acceptors (Lipinski definition) is 4. The summed E-state index contributed by atoms with van der Waals surface area (Å²) in [7, 11) is 0. The minimum atomic E-state index is -1.17. The number of alkyl halides is 1. The number of benzene rings is 3. The first-order valence-electron chi connectivity index (χ1n) is 12.5. The number of nitrogens with zero attached hydrogens (tertiary/aromatic N) is 2. The molecule has 1 heterocycles. The van der Waals surface area contributed by atoms with Gasteiger partial charge in [-0.3, -0.25) is 10.2 Å². The van der Waals surface area contributed by atoms with Gasteiger partial charge in [-0.25, -0.2) is 9.78 Å². The maximum Gasteiger partial charge on any atom is 0.336 e. The van der Waals surface area contributed by atoms with E-state index in [0.717, 1.165) is 22.2 Å². The van der Waals surface area contributed by atoms with E-state index in [0.29, 0.717) is 31.8 Å². The van der Waals surface area contributed by atoms with Crippen molar-refractivity contribution in [1.29, 1.82) is 5.41 Å². The molecule has 9 heteroatoms. The lowest BCUT2D eigenvalue weighted by atomic mass is 9.98. The molecule has 0 saturated carbocycles. The molecule has 3 aromatic carbocycles. The minimum absolute atomic E-state index is 0.0659. The summed E-state index contributed by atoms with van der Waals surface area (Å²) in [5.41, 5.74) is 3.39. The standard InChI is InChI=1S/C29H30ClN5O3/c1-2-35-25-13-7-6-11-23(25)33-27(35)24(12-8-16-32-26(31)18-30)34-28(36)21-15-14-20(17-22(21)29(37)38)19-9-4-3-5-10-19/h3-7,9-11,13-15,17,24H,2,8,12,16,18H2,1H3,(H2,31,32)(H,34,36)(H,37,38)/t24-/m0/s1. The van der Waals surface area contributed by atoms with Gasteiger partial charge in [0.1, 0.15) is 11.7 Å². The topological polar surface area (TPSA) is 120 Å². The van der Waals surface area contributed by atoms with Crippen molar-refractivity contribution in [3.8, 4) is 11.1 Å². The fourth-order valence-corrected chi connectivity index (χ4v) is 4.61. The van der Waals surface area contributed by atoms with E-state index in [1.807, 2.05) is 61.5 Å². The van der Waals surface area contributed by atoms with Gasteiger partial charge in [0.2, 0.25) is 0 Å². The Kier molecular flexibility index (Phi) is 8.76. The van der Waals surface area contributed by atoms with Gasteiger partial charge in [-0.15, -0.1) is 11.6 Å². The van der Waals surface area contributed by atoms with Crippen molar-refractivity contribution < 1.29 is 14.7 Å². The molecular weight excluding hydrogens is 502 g/mol. The highest BCUT2D eigenvalue weighted by molar-refractivity contribution is 6.27. The third kappa shape index (κ3) is 6.03. The molecule has 4 aromatic rings. The smallest absolute Gasteiger partial charge is 0.336 e. The molecule has 1 amide bonds. The van der Waals surface area contributed by atoms with Crippen molar-refractivity contribution in [1.82, 2.24) is 20.2 Å². The van der Waals surface area contributed by atoms with Gasteiger partial charge < -0.3 is 20.3 Å². The van der Waals surface area contributed by atoms with Crippen molar-refractivity contribution in [2.45, 2.75) is 32.4 Å². The number of hydrogen-bond donors (Lipinski definition) is 4. The van der Waals surface area contributed by atoms with Gasteiger partial charge in [-0.1, -0.05) is 48.5 Å². The molecule has 8 nitrogen and oxygen atoms in total. The van der Waals surface area contributed by atoms with Crippen molar-refractivity contribution in [3.05, 3.63) is 89.7 Å². The van der Waals surface area contributed by atoms with E-state index in [9.17, 15) is 14.7 Å². The van der Waals surface area contributed by atoms with Gasteiger partial charge in [0, 0.05) is 13.1 Å². The van der Waals surface area contributed by atoms with Crippen molar-refractivity contribution >= 4 is 40.3 Å². The van der Waals surface area contributed by atoms with Crippen LogP contribution in [-0.2, 0) is 6.54 Å². The molecule has 38 heavy (non-hydrogen) atoms. The average Bonchev–Trinajstić information content (AvgIpc) is 3.33. The molecule has 0 aliphatic heterocycles.